The second-order valence-electron chi connectivity index (χ2n) is 4.55. The number of nitrogens with zero attached hydrogens (tertiary/aromatic N) is 2. The average molecular weight is 264 g/mol. The van der Waals surface area contributed by atoms with Crippen molar-refractivity contribution >= 4 is 11.6 Å². The van der Waals surface area contributed by atoms with Crippen LogP contribution in [0.25, 0.3) is 5.69 Å². The lowest BCUT2D eigenvalue weighted by Crippen LogP contribution is -2.07. The number of hydrogen-bond donors (Lipinski definition) is 1. The predicted octanol–water partition coefficient (Wildman–Crippen LogP) is 3.17. The van der Waals surface area contributed by atoms with E-state index >= 15 is 0 Å². The summed E-state index contributed by atoms with van der Waals surface area (Å²) in [5.74, 6) is 0. The van der Waals surface area contributed by atoms with E-state index in [1.165, 1.54) is 11.1 Å². The van der Waals surface area contributed by atoms with Crippen molar-refractivity contribution in [3.63, 3.8) is 0 Å². The predicted molar refractivity (Wildman–Crippen MR) is 75.5 cm³/mol. The molecule has 2 rings (SSSR count). The Labute approximate surface area is 113 Å². The third-order valence-corrected chi connectivity index (χ3v) is 3.63. The quantitative estimate of drug-likeness (QED) is 0.922. The molecule has 96 valence electrons. The Kier molecular flexibility index (Phi) is 3.73. The van der Waals surface area contributed by atoms with Crippen molar-refractivity contribution in [2.75, 3.05) is 7.05 Å². The van der Waals surface area contributed by atoms with Gasteiger partial charge in [0.25, 0.3) is 0 Å². The van der Waals surface area contributed by atoms with Gasteiger partial charge in [-0.3, -0.25) is 0 Å². The fourth-order valence-corrected chi connectivity index (χ4v) is 2.17. The first-order valence-electron chi connectivity index (χ1n) is 6.00. The summed E-state index contributed by atoms with van der Waals surface area (Å²) in [6.45, 7) is 6.86. The second-order valence-corrected chi connectivity index (χ2v) is 4.93. The van der Waals surface area contributed by atoms with Gasteiger partial charge in [0.05, 0.1) is 22.1 Å². The van der Waals surface area contributed by atoms with Crippen molar-refractivity contribution in [3.8, 4) is 5.69 Å². The molecule has 4 heteroatoms. The molecular weight excluding hydrogens is 246 g/mol. The van der Waals surface area contributed by atoms with Gasteiger partial charge in [-0.15, -0.1) is 0 Å². The van der Waals surface area contributed by atoms with Crippen molar-refractivity contribution in [2.24, 2.45) is 0 Å². The van der Waals surface area contributed by atoms with E-state index in [0.717, 1.165) is 28.6 Å². The topological polar surface area (TPSA) is 29.9 Å². The molecule has 0 bridgehead atoms. The third-order valence-electron chi connectivity index (χ3n) is 3.09. The van der Waals surface area contributed by atoms with E-state index in [2.05, 4.69) is 35.5 Å². The van der Waals surface area contributed by atoms with E-state index in [1.807, 2.05) is 25.6 Å². The maximum absolute atomic E-state index is 6.21. The van der Waals surface area contributed by atoms with Crippen LogP contribution in [0.2, 0.25) is 5.02 Å². The number of halogens is 1. The van der Waals surface area contributed by atoms with Crippen LogP contribution in [0.5, 0.6) is 0 Å². The summed E-state index contributed by atoms with van der Waals surface area (Å²) >= 11 is 6.21. The van der Waals surface area contributed by atoms with Gasteiger partial charge in [-0.05, 0) is 45.0 Å². The van der Waals surface area contributed by atoms with Crippen LogP contribution in [-0.2, 0) is 6.54 Å². The number of aryl methyl sites for hydroxylation is 2. The Bertz CT molecular complexity index is 573. The summed E-state index contributed by atoms with van der Waals surface area (Å²) < 4.78 is 1.92. The molecule has 0 aliphatic carbocycles. The molecule has 1 heterocycles. The molecule has 0 radical (unpaired) electrons. The lowest BCUT2D eigenvalue weighted by molar-refractivity contribution is 0.800. The summed E-state index contributed by atoms with van der Waals surface area (Å²) in [6, 6.07) is 6.40. The first-order chi connectivity index (χ1) is 8.54. The molecule has 1 aromatic heterocycles. The molecule has 0 fully saturated rings. The maximum atomic E-state index is 6.21. The molecule has 1 N–H and O–H groups in total. The van der Waals surface area contributed by atoms with Gasteiger partial charge in [-0.2, -0.15) is 5.10 Å². The number of rotatable bonds is 3. The molecule has 0 amide bonds. The highest BCUT2D eigenvalue weighted by Gasteiger charge is 2.12. The van der Waals surface area contributed by atoms with Crippen molar-refractivity contribution in [1.29, 1.82) is 0 Å². The highest BCUT2D eigenvalue weighted by atomic mass is 35.5. The van der Waals surface area contributed by atoms with Gasteiger partial charge in [0.2, 0.25) is 0 Å². The Morgan fingerprint density at radius 2 is 2.00 bits per heavy atom. The molecule has 2 aromatic rings. The van der Waals surface area contributed by atoms with E-state index in [9.17, 15) is 0 Å². The van der Waals surface area contributed by atoms with Crippen molar-refractivity contribution in [1.82, 2.24) is 15.1 Å². The highest BCUT2D eigenvalue weighted by Crippen LogP contribution is 2.24. The fourth-order valence-electron chi connectivity index (χ4n) is 2.06. The maximum Gasteiger partial charge on any atom is 0.0848 e. The zero-order valence-electron chi connectivity index (χ0n) is 11.2. The van der Waals surface area contributed by atoms with Crippen molar-refractivity contribution in [3.05, 3.63) is 45.7 Å². The summed E-state index contributed by atoms with van der Waals surface area (Å²) in [5.41, 5.74) is 5.38. The van der Waals surface area contributed by atoms with Crippen LogP contribution in [0.15, 0.2) is 18.2 Å². The minimum Gasteiger partial charge on any atom is -0.316 e. The standard InChI is InChI=1S/C14H18ClN3/c1-9-5-6-12(8-16-4)7-13(9)18-11(3)14(15)10(2)17-18/h5-7,16H,8H2,1-4H3. The third kappa shape index (κ3) is 2.28. The smallest absolute Gasteiger partial charge is 0.0848 e. The van der Waals surface area contributed by atoms with Crippen molar-refractivity contribution < 1.29 is 0 Å². The van der Waals surface area contributed by atoms with Crippen molar-refractivity contribution in [2.45, 2.75) is 27.3 Å². The number of aromatic nitrogens is 2. The summed E-state index contributed by atoms with van der Waals surface area (Å²) in [7, 11) is 1.94. The van der Waals surface area contributed by atoms with Crippen LogP contribution in [0.1, 0.15) is 22.5 Å². The van der Waals surface area contributed by atoms with E-state index in [1.54, 1.807) is 0 Å². The summed E-state index contributed by atoms with van der Waals surface area (Å²) in [6.07, 6.45) is 0. The largest absolute Gasteiger partial charge is 0.316 e. The zero-order chi connectivity index (χ0) is 13.3. The fraction of sp³-hybridized carbons (Fsp3) is 0.357. The van der Waals surface area contributed by atoms with Gasteiger partial charge < -0.3 is 5.32 Å². The van der Waals surface area contributed by atoms with Crippen LogP contribution in [-0.4, -0.2) is 16.8 Å². The lowest BCUT2D eigenvalue weighted by Gasteiger charge is -2.10. The van der Waals surface area contributed by atoms with E-state index in [4.69, 9.17) is 11.6 Å². The van der Waals surface area contributed by atoms with Crippen LogP contribution < -0.4 is 5.32 Å². The van der Waals surface area contributed by atoms with Gasteiger partial charge in [0, 0.05) is 6.54 Å². The van der Waals surface area contributed by atoms with Gasteiger partial charge in [0.15, 0.2) is 0 Å². The Morgan fingerprint density at radius 3 is 2.56 bits per heavy atom. The molecule has 18 heavy (non-hydrogen) atoms. The van der Waals surface area contributed by atoms with Gasteiger partial charge in [0.1, 0.15) is 0 Å². The van der Waals surface area contributed by atoms with Gasteiger partial charge in [-0.25, -0.2) is 4.68 Å². The highest BCUT2D eigenvalue weighted by molar-refractivity contribution is 6.31. The molecular formula is C14H18ClN3. The summed E-state index contributed by atoms with van der Waals surface area (Å²) in [4.78, 5) is 0. The lowest BCUT2D eigenvalue weighted by atomic mass is 10.1. The minimum atomic E-state index is 0.744. The van der Waals surface area contributed by atoms with Crippen LogP contribution in [0.4, 0.5) is 0 Å². The first-order valence-corrected chi connectivity index (χ1v) is 6.38. The average Bonchev–Trinajstić information content (AvgIpc) is 2.60. The van der Waals surface area contributed by atoms with E-state index in [0.29, 0.717) is 0 Å². The van der Waals surface area contributed by atoms with Gasteiger partial charge >= 0.3 is 0 Å². The zero-order valence-corrected chi connectivity index (χ0v) is 12.0. The summed E-state index contributed by atoms with van der Waals surface area (Å²) in [5, 5.41) is 8.41. The molecule has 1 aromatic carbocycles. The molecule has 0 aliphatic rings. The SMILES string of the molecule is CNCc1ccc(C)c(-n2nc(C)c(Cl)c2C)c1. The monoisotopic (exact) mass is 263 g/mol. The normalized spacial score (nSPS) is 10.9. The van der Waals surface area contributed by atoms with E-state index < -0.39 is 0 Å². The molecule has 0 unspecified atom stereocenters. The minimum absolute atomic E-state index is 0.744. The second kappa shape index (κ2) is 5.12. The number of nitrogens with one attached hydrogen (secondary N) is 1. The first kappa shape index (κ1) is 13.1. The van der Waals surface area contributed by atoms with E-state index in [-0.39, 0.29) is 0 Å². The molecule has 0 aliphatic heterocycles. The van der Waals surface area contributed by atoms with Crippen LogP contribution in [0.3, 0.4) is 0 Å². The van der Waals surface area contributed by atoms with Gasteiger partial charge in [-0.1, -0.05) is 23.7 Å². The van der Waals surface area contributed by atoms with Crippen LogP contribution in [0, 0.1) is 20.8 Å². The Morgan fingerprint density at radius 1 is 1.28 bits per heavy atom. The Hall–Kier alpha value is -1.32. The number of hydrogen-bond acceptors (Lipinski definition) is 2. The molecule has 0 saturated heterocycles. The van der Waals surface area contributed by atoms with Crippen LogP contribution >= 0.6 is 11.6 Å². The number of benzene rings is 1. The Balaban J connectivity index is 2.55. The molecule has 0 spiro atoms. The molecule has 0 atom stereocenters. The molecule has 3 nitrogen and oxygen atoms in total. The molecule has 0 saturated carbocycles.